The number of anilines is 2. The second kappa shape index (κ2) is 6.42. The summed E-state index contributed by atoms with van der Waals surface area (Å²) in [5.41, 5.74) is 3.13. The number of aromatic nitrogens is 2. The molecule has 0 N–H and O–H groups in total. The molecule has 0 fully saturated rings. The topological polar surface area (TPSA) is 56.1 Å². The summed E-state index contributed by atoms with van der Waals surface area (Å²) in [4.78, 5) is 19.2. The van der Waals surface area contributed by atoms with E-state index in [4.69, 9.17) is 14.5 Å². The van der Waals surface area contributed by atoms with Crippen LogP contribution in [0.3, 0.4) is 0 Å². The molecule has 2 aromatic heterocycles. The van der Waals surface area contributed by atoms with Crippen LogP contribution >= 0.6 is 0 Å². The lowest BCUT2D eigenvalue weighted by Crippen LogP contribution is -2.24. The fourth-order valence-electron chi connectivity index (χ4n) is 3.46. The van der Waals surface area contributed by atoms with Crippen LogP contribution in [0, 0.1) is 0 Å². The van der Waals surface area contributed by atoms with E-state index in [1.165, 1.54) is 0 Å². The Bertz CT molecular complexity index is 1180. The molecule has 0 spiro atoms. The first-order chi connectivity index (χ1) is 13.7. The molecule has 0 aliphatic carbocycles. The van der Waals surface area contributed by atoms with Crippen molar-refractivity contribution >= 4 is 23.1 Å². The lowest BCUT2D eigenvalue weighted by Gasteiger charge is -2.22. The van der Waals surface area contributed by atoms with E-state index in [0.717, 1.165) is 16.9 Å². The third-order valence-corrected chi connectivity index (χ3v) is 4.69. The molecule has 0 bridgehead atoms. The number of hydrogen-bond acceptors (Lipinski definition) is 4. The standard InChI is InChI=1S/C22H17N3O3/c1-15(26)25(17-10-11-18-19(13-17)28-14-27-18)22-21(16-7-3-2-4-8-16)23-20-9-5-6-12-24(20)22/h2-13H,14H2,1H3. The van der Waals surface area contributed by atoms with Crippen molar-refractivity contribution in [2.75, 3.05) is 11.7 Å². The van der Waals surface area contributed by atoms with Crippen LogP contribution in [0.25, 0.3) is 16.9 Å². The molecule has 3 heterocycles. The Balaban J connectivity index is 1.77. The number of carbonyl (C=O) groups excluding carboxylic acids is 1. The summed E-state index contributed by atoms with van der Waals surface area (Å²) >= 11 is 0. The molecule has 1 aliphatic rings. The first-order valence-corrected chi connectivity index (χ1v) is 8.95. The fourth-order valence-corrected chi connectivity index (χ4v) is 3.46. The average molecular weight is 371 g/mol. The van der Waals surface area contributed by atoms with Gasteiger partial charge in [-0.15, -0.1) is 0 Å². The van der Waals surface area contributed by atoms with Gasteiger partial charge >= 0.3 is 0 Å². The molecule has 0 unspecified atom stereocenters. The number of pyridine rings is 1. The number of amides is 1. The average Bonchev–Trinajstić information content (AvgIpc) is 3.33. The summed E-state index contributed by atoms with van der Waals surface area (Å²) in [5.74, 6) is 1.86. The Labute approximate surface area is 161 Å². The largest absolute Gasteiger partial charge is 0.454 e. The van der Waals surface area contributed by atoms with Crippen LogP contribution in [-0.2, 0) is 4.79 Å². The Morgan fingerprint density at radius 1 is 1.00 bits per heavy atom. The van der Waals surface area contributed by atoms with Crippen molar-refractivity contribution in [1.29, 1.82) is 0 Å². The van der Waals surface area contributed by atoms with Gasteiger partial charge in [0.2, 0.25) is 12.7 Å². The lowest BCUT2D eigenvalue weighted by atomic mass is 10.1. The summed E-state index contributed by atoms with van der Waals surface area (Å²) in [7, 11) is 0. The molecular formula is C22H17N3O3. The van der Waals surface area contributed by atoms with Crippen molar-refractivity contribution in [2.45, 2.75) is 6.92 Å². The highest BCUT2D eigenvalue weighted by molar-refractivity contribution is 6.02. The van der Waals surface area contributed by atoms with Crippen molar-refractivity contribution in [2.24, 2.45) is 0 Å². The molecule has 0 radical (unpaired) electrons. The van der Waals surface area contributed by atoms with Crippen LogP contribution in [0.1, 0.15) is 6.92 Å². The Kier molecular flexibility index (Phi) is 3.76. The van der Waals surface area contributed by atoms with Crippen LogP contribution in [0.15, 0.2) is 72.9 Å². The van der Waals surface area contributed by atoms with Gasteiger partial charge in [0.05, 0.1) is 5.69 Å². The first kappa shape index (κ1) is 16.4. The van der Waals surface area contributed by atoms with Crippen LogP contribution in [0.4, 0.5) is 11.5 Å². The number of ether oxygens (including phenoxy) is 2. The molecule has 6 nitrogen and oxygen atoms in total. The number of nitrogens with zero attached hydrogens (tertiary/aromatic N) is 3. The normalized spacial score (nSPS) is 12.3. The number of hydrogen-bond donors (Lipinski definition) is 0. The van der Waals surface area contributed by atoms with Gasteiger partial charge in [0, 0.05) is 24.8 Å². The van der Waals surface area contributed by atoms with Crippen molar-refractivity contribution < 1.29 is 14.3 Å². The summed E-state index contributed by atoms with van der Waals surface area (Å²) in [6, 6.07) is 21.1. The SMILES string of the molecule is CC(=O)N(c1ccc2c(c1)OCO2)c1c(-c2ccccc2)nc2ccccn12. The Morgan fingerprint density at radius 3 is 2.61 bits per heavy atom. The van der Waals surface area contributed by atoms with E-state index in [9.17, 15) is 4.79 Å². The minimum Gasteiger partial charge on any atom is -0.454 e. The van der Waals surface area contributed by atoms with E-state index in [1.54, 1.807) is 11.8 Å². The maximum absolute atomic E-state index is 12.8. The quantitative estimate of drug-likeness (QED) is 0.535. The number of benzene rings is 2. The first-order valence-electron chi connectivity index (χ1n) is 8.95. The zero-order valence-corrected chi connectivity index (χ0v) is 15.2. The van der Waals surface area contributed by atoms with E-state index in [0.29, 0.717) is 23.0 Å². The third-order valence-electron chi connectivity index (χ3n) is 4.69. The van der Waals surface area contributed by atoms with Crippen molar-refractivity contribution in [3.05, 3.63) is 72.9 Å². The Morgan fingerprint density at radius 2 is 1.79 bits per heavy atom. The van der Waals surface area contributed by atoms with Gasteiger partial charge in [0.15, 0.2) is 17.3 Å². The zero-order chi connectivity index (χ0) is 19.1. The number of fused-ring (bicyclic) bond motifs is 2. The molecule has 0 saturated heterocycles. The maximum atomic E-state index is 12.8. The van der Waals surface area contributed by atoms with E-state index in [1.807, 2.05) is 77.3 Å². The highest BCUT2D eigenvalue weighted by Gasteiger charge is 2.26. The monoisotopic (exact) mass is 371 g/mol. The minimum atomic E-state index is -0.123. The van der Waals surface area contributed by atoms with Gasteiger partial charge in [0.1, 0.15) is 11.3 Å². The number of imidazole rings is 1. The van der Waals surface area contributed by atoms with Gasteiger partial charge < -0.3 is 9.47 Å². The predicted octanol–water partition coefficient (Wildman–Crippen LogP) is 4.41. The fraction of sp³-hybridized carbons (Fsp3) is 0.0909. The molecule has 4 aromatic rings. The second-order valence-corrected chi connectivity index (χ2v) is 6.47. The summed E-state index contributed by atoms with van der Waals surface area (Å²) in [6.07, 6.45) is 1.91. The van der Waals surface area contributed by atoms with Crippen LogP contribution in [-0.4, -0.2) is 22.1 Å². The van der Waals surface area contributed by atoms with E-state index >= 15 is 0 Å². The molecule has 28 heavy (non-hydrogen) atoms. The molecule has 6 heteroatoms. The van der Waals surface area contributed by atoms with Crippen LogP contribution < -0.4 is 14.4 Å². The van der Waals surface area contributed by atoms with Gasteiger partial charge in [-0.25, -0.2) is 4.98 Å². The summed E-state index contributed by atoms with van der Waals surface area (Å²) in [6.45, 7) is 1.73. The van der Waals surface area contributed by atoms with Gasteiger partial charge in [-0.1, -0.05) is 36.4 Å². The van der Waals surface area contributed by atoms with E-state index < -0.39 is 0 Å². The van der Waals surface area contributed by atoms with Crippen molar-refractivity contribution in [3.8, 4) is 22.8 Å². The molecule has 138 valence electrons. The molecule has 5 rings (SSSR count). The smallest absolute Gasteiger partial charge is 0.231 e. The molecule has 0 atom stereocenters. The summed E-state index contributed by atoms with van der Waals surface area (Å²) < 4.78 is 12.8. The highest BCUT2D eigenvalue weighted by Crippen LogP contribution is 2.40. The Hall–Kier alpha value is -3.80. The number of carbonyl (C=O) groups is 1. The van der Waals surface area contributed by atoms with Crippen molar-refractivity contribution in [1.82, 2.24) is 9.38 Å². The van der Waals surface area contributed by atoms with Gasteiger partial charge in [-0.05, 0) is 24.3 Å². The van der Waals surface area contributed by atoms with Crippen LogP contribution in [0.2, 0.25) is 0 Å². The predicted molar refractivity (Wildman–Crippen MR) is 106 cm³/mol. The molecule has 1 aliphatic heterocycles. The highest BCUT2D eigenvalue weighted by atomic mass is 16.7. The molecule has 2 aromatic carbocycles. The molecular weight excluding hydrogens is 354 g/mol. The third kappa shape index (κ3) is 2.58. The van der Waals surface area contributed by atoms with Gasteiger partial charge in [0.25, 0.3) is 0 Å². The summed E-state index contributed by atoms with van der Waals surface area (Å²) in [5, 5.41) is 0. The lowest BCUT2D eigenvalue weighted by molar-refractivity contribution is -0.115. The molecule has 1 amide bonds. The van der Waals surface area contributed by atoms with Crippen LogP contribution in [0.5, 0.6) is 11.5 Å². The minimum absolute atomic E-state index is 0.123. The van der Waals surface area contributed by atoms with Gasteiger partial charge in [-0.3, -0.25) is 14.1 Å². The zero-order valence-electron chi connectivity index (χ0n) is 15.2. The van der Waals surface area contributed by atoms with E-state index in [-0.39, 0.29) is 12.7 Å². The molecule has 0 saturated carbocycles. The van der Waals surface area contributed by atoms with E-state index in [2.05, 4.69) is 0 Å². The maximum Gasteiger partial charge on any atom is 0.231 e. The van der Waals surface area contributed by atoms with Crippen molar-refractivity contribution in [3.63, 3.8) is 0 Å². The second-order valence-electron chi connectivity index (χ2n) is 6.47. The van der Waals surface area contributed by atoms with Gasteiger partial charge in [-0.2, -0.15) is 0 Å². The number of rotatable bonds is 3.